The summed E-state index contributed by atoms with van der Waals surface area (Å²) in [6.45, 7) is 2.23. The number of hydrogen-bond acceptors (Lipinski definition) is 6. The molecule has 0 radical (unpaired) electrons. The van der Waals surface area contributed by atoms with Crippen molar-refractivity contribution in [3.8, 4) is 0 Å². The first-order valence-electron chi connectivity index (χ1n) is 10.3. The number of ether oxygens (including phenoxy) is 1. The van der Waals surface area contributed by atoms with Crippen LogP contribution >= 0.6 is 0 Å². The van der Waals surface area contributed by atoms with Gasteiger partial charge < -0.3 is 15.0 Å². The molecule has 0 spiro atoms. The van der Waals surface area contributed by atoms with Gasteiger partial charge in [0.15, 0.2) is 0 Å². The van der Waals surface area contributed by atoms with Gasteiger partial charge in [0.25, 0.3) is 5.91 Å². The lowest BCUT2D eigenvalue weighted by Gasteiger charge is -2.22. The molecule has 0 saturated carbocycles. The van der Waals surface area contributed by atoms with Crippen molar-refractivity contribution in [3.05, 3.63) is 53.6 Å². The summed E-state index contributed by atoms with van der Waals surface area (Å²) >= 11 is 0. The fraction of sp³-hybridized carbons (Fsp3) is 0.364. The molecule has 8 nitrogen and oxygen atoms in total. The summed E-state index contributed by atoms with van der Waals surface area (Å²) in [5, 5.41) is 2.91. The summed E-state index contributed by atoms with van der Waals surface area (Å²) < 4.78 is 30.4. The van der Waals surface area contributed by atoms with E-state index in [1.807, 2.05) is 6.07 Å². The van der Waals surface area contributed by atoms with Crippen LogP contribution in [0.3, 0.4) is 0 Å². The number of nitrogens with zero attached hydrogens (tertiary/aromatic N) is 2. The number of anilines is 3. The number of carbonyl (C=O) groups excluding carboxylic acids is 2. The second-order valence-corrected chi connectivity index (χ2v) is 9.67. The average molecular weight is 444 g/mol. The van der Waals surface area contributed by atoms with E-state index in [0.29, 0.717) is 35.5 Å². The number of benzene rings is 2. The number of esters is 1. The van der Waals surface area contributed by atoms with Crippen LogP contribution in [0.2, 0.25) is 0 Å². The average Bonchev–Trinajstić information content (AvgIpc) is 3.42. The Morgan fingerprint density at radius 1 is 0.935 bits per heavy atom. The number of nitrogens with one attached hydrogen (secondary N) is 1. The predicted octanol–water partition coefficient (Wildman–Crippen LogP) is 2.87. The minimum Gasteiger partial charge on any atom is -0.465 e. The molecule has 0 atom stereocenters. The first-order valence-corrected chi connectivity index (χ1v) is 11.9. The van der Waals surface area contributed by atoms with Gasteiger partial charge in [0.05, 0.1) is 35.5 Å². The van der Waals surface area contributed by atoms with Gasteiger partial charge in [-0.3, -0.25) is 9.10 Å². The molecule has 2 aromatic rings. The number of methoxy groups -OCH3 is 1. The fourth-order valence-electron chi connectivity index (χ4n) is 4.02. The van der Waals surface area contributed by atoms with E-state index >= 15 is 0 Å². The first kappa shape index (κ1) is 21.2. The van der Waals surface area contributed by atoms with Crippen LogP contribution in [0.4, 0.5) is 17.1 Å². The maximum Gasteiger partial charge on any atom is 0.337 e. The molecule has 2 aliphatic rings. The minimum absolute atomic E-state index is 0.144. The molecule has 1 amide bonds. The highest BCUT2D eigenvalue weighted by Crippen LogP contribution is 2.31. The Morgan fingerprint density at radius 3 is 2.23 bits per heavy atom. The molecule has 0 bridgehead atoms. The normalized spacial score (nSPS) is 17.6. The molecule has 4 rings (SSSR count). The van der Waals surface area contributed by atoms with Crippen LogP contribution in [0, 0.1) is 0 Å². The molecule has 0 aliphatic carbocycles. The van der Waals surface area contributed by atoms with Crippen LogP contribution in [0.1, 0.15) is 40.0 Å². The molecule has 9 heteroatoms. The van der Waals surface area contributed by atoms with Crippen LogP contribution in [0.5, 0.6) is 0 Å². The van der Waals surface area contributed by atoms with Gasteiger partial charge in [-0.15, -0.1) is 0 Å². The highest BCUT2D eigenvalue weighted by Gasteiger charge is 2.28. The highest BCUT2D eigenvalue weighted by molar-refractivity contribution is 7.93. The number of sulfonamides is 1. The van der Waals surface area contributed by atoms with Crippen molar-refractivity contribution in [2.75, 3.05) is 47.0 Å². The van der Waals surface area contributed by atoms with Crippen LogP contribution in [-0.2, 0) is 14.8 Å². The van der Waals surface area contributed by atoms with Crippen molar-refractivity contribution in [1.29, 1.82) is 0 Å². The number of hydrogen-bond donors (Lipinski definition) is 1. The van der Waals surface area contributed by atoms with E-state index in [1.54, 1.807) is 36.4 Å². The van der Waals surface area contributed by atoms with Gasteiger partial charge in [-0.2, -0.15) is 0 Å². The van der Waals surface area contributed by atoms with Gasteiger partial charge >= 0.3 is 5.97 Å². The second kappa shape index (κ2) is 8.58. The molecule has 2 aromatic carbocycles. The van der Waals surface area contributed by atoms with E-state index in [0.717, 1.165) is 31.6 Å². The standard InChI is InChI=1S/C22H25N3O5S/c1-30-22(27)17-7-10-20(24-11-2-3-12-24)19(15-17)23-21(26)16-5-8-18(9-6-16)25-13-4-14-31(25,28)29/h5-10,15H,2-4,11-14H2,1H3,(H,23,26). The van der Waals surface area contributed by atoms with Crippen molar-refractivity contribution >= 4 is 39.0 Å². The summed E-state index contributed by atoms with van der Waals surface area (Å²) in [6, 6.07) is 11.7. The molecule has 0 unspecified atom stereocenters. The molecule has 2 fully saturated rings. The molecule has 1 N–H and O–H groups in total. The minimum atomic E-state index is -3.27. The zero-order valence-corrected chi connectivity index (χ0v) is 18.2. The van der Waals surface area contributed by atoms with Crippen molar-refractivity contribution in [3.63, 3.8) is 0 Å². The monoisotopic (exact) mass is 443 g/mol. The molecule has 2 heterocycles. The Morgan fingerprint density at radius 2 is 1.61 bits per heavy atom. The molecule has 2 aliphatic heterocycles. The van der Waals surface area contributed by atoms with E-state index < -0.39 is 16.0 Å². The smallest absolute Gasteiger partial charge is 0.337 e. The van der Waals surface area contributed by atoms with Gasteiger partial charge in [-0.05, 0) is 61.7 Å². The van der Waals surface area contributed by atoms with E-state index in [9.17, 15) is 18.0 Å². The third-order valence-corrected chi connectivity index (χ3v) is 7.50. The van der Waals surface area contributed by atoms with Crippen LogP contribution in [-0.4, -0.2) is 52.8 Å². The predicted molar refractivity (Wildman–Crippen MR) is 119 cm³/mol. The summed E-state index contributed by atoms with van der Waals surface area (Å²) in [5.74, 6) is -0.664. The van der Waals surface area contributed by atoms with Crippen molar-refractivity contribution in [2.24, 2.45) is 0 Å². The van der Waals surface area contributed by atoms with Crippen molar-refractivity contribution < 1.29 is 22.7 Å². The Labute approximate surface area is 181 Å². The van der Waals surface area contributed by atoms with Crippen LogP contribution < -0.4 is 14.5 Å². The quantitative estimate of drug-likeness (QED) is 0.714. The van der Waals surface area contributed by atoms with Gasteiger partial charge in [0, 0.05) is 25.2 Å². The maximum absolute atomic E-state index is 12.9. The lowest BCUT2D eigenvalue weighted by molar-refractivity contribution is 0.0600. The lowest BCUT2D eigenvalue weighted by atomic mass is 10.1. The summed E-state index contributed by atoms with van der Waals surface area (Å²) in [7, 11) is -1.95. The molecule has 2 saturated heterocycles. The number of carbonyl (C=O) groups is 2. The molecular weight excluding hydrogens is 418 g/mol. The van der Waals surface area contributed by atoms with Crippen LogP contribution in [0.15, 0.2) is 42.5 Å². The van der Waals surface area contributed by atoms with Gasteiger partial charge in [-0.25, -0.2) is 13.2 Å². The Balaban J connectivity index is 1.57. The first-order chi connectivity index (χ1) is 14.9. The molecule has 164 valence electrons. The fourth-order valence-corrected chi connectivity index (χ4v) is 5.58. The Bertz CT molecular complexity index is 1090. The zero-order valence-electron chi connectivity index (χ0n) is 17.3. The van der Waals surface area contributed by atoms with Gasteiger partial charge in [0.1, 0.15) is 0 Å². The lowest BCUT2D eigenvalue weighted by Crippen LogP contribution is -2.25. The van der Waals surface area contributed by atoms with Crippen molar-refractivity contribution in [2.45, 2.75) is 19.3 Å². The van der Waals surface area contributed by atoms with Gasteiger partial charge in [0.2, 0.25) is 10.0 Å². The van der Waals surface area contributed by atoms with Crippen LogP contribution in [0.25, 0.3) is 0 Å². The summed E-state index contributed by atoms with van der Waals surface area (Å²) in [6.07, 6.45) is 2.75. The SMILES string of the molecule is COC(=O)c1ccc(N2CCCC2)c(NC(=O)c2ccc(N3CCCS3(=O)=O)cc2)c1. The van der Waals surface area contributed by atoms with Crippen molar-refractivity contribution in [1.82, 2.24) is 0 Å². The largest absolute Gasteiger partial charge is 0.465 e. The Kier molecular flexibility index (Phi) is 5.86. The van der Waals surface area contributed by atoms with E-state index in [4.69, 9.17) is 4.74 Å². The van der Waals surface area contributed by atoms with Gasteiger partial charge in [-0.1, -0.05) is 0 Å². The van der Waals surface area contributed by atoms with E-state index in [-0.39, 0.29) is 11.7 Å². The number of amides is 1. The third kappa shape index (κ3) is 4.36. The molecule has 31 heavy (non-hydrogen) atoms. The summed E-state index contributed by atoms with van der Waals surface area (Å²) in [4.78, 5) is 27.1. The zero-order chi connectivity index (χ0) is 22.0. The number of rotatable bonds is 5. The molecular formula is C22H25N3O5S. The highest BCUT2D eigenvalue weighted by atomic mass is 32.2. The maximum atomic E-state index is 12.9. The summed E-state index contributed by atoms with van der Waals surface area (Å²) in [5.41, 5.74) is 2.71. The second-order valence-electron chi connectivity index (χ2n) is 7.66. The third-order valence-electron chi connectivity index (χ3n) is 5.63. The molecule has 0 aromatic heterocycles. The topological polar surface area (TPSA) is 96.0 Å². The van der Waals surface area contributed by atoms with E-state index in [1.165, 1.54) is 11.4 Å². The Hall–Kier alpha value is -3.07. The van der Waals surface area contributed by atoms with E-state index in [2.05, 4.69) is 10.2 Å².